The normalized spacial score (nSPS) is 29.0. The molecule has 0 N–H and O–H groups in total. The monoisotopic (exact) mass is 666 g/mol. The molecule has 0 aromatic rings. The summed E-state index contributed by atoms with van der Waals surface area (Å²) in [6.07, 6.45) is 29.4. The minimum absolute atomic E-state index is 0. The first kappa shape index (κ1) is 28.0. The van der Waals surface area contributed by atoms with Crippen LogP contribution in [0.2, 0.25) is 0 Å². The van der Waals surface area contributed by atoms with Gasteiger partial charge in [0.1, 0.15) is 0 Å². The van der Waals surface area contributed by atoms with Crippen molar-refractivity contribution in [2.45, 2.75) is 65.2 Å². The van der Waals surface area contributed by atoms with Crippen LogP contribution in [0.4, 0.5) is 0 Å². The van der Waals surface area contributed by atoms with E-state index in [0.717, 1.165) is 23.7 Å². The van der Waals surface area contributed by atoms with Crippen LogP contribution in [0.15, 0.2) is 47.6 Å². The molecule has 4 unspecified atom stereocenters. The van der Waals surface area contributed by atoms with Crippen molar-refractivity contribution in [1.29, 1.82) is 0 Å². The van der Waals surface area contributed by atoms with E-state index < -0.39 is 0 Å². The van der Waals surface area contributed by atoms with Crippen LogP contribution in [-0.4, -0.2) is 0 Å². The molecule has 3 heteroatoms. The van der Waals surface area contributed by atoms with Gasteiger partial charge in [-0.05, 0) is 24.7 Å². The molecule has 2 saturated carbocycles. The third-order valence-corrected chi connectivity index (χ3v) is 5.98. The van der Waals surface area contributed by atoms with Gasteiger partial charge in [0.05, 0.1) is 0 Å². The zero-order valence-electron chi connectivity index (χ0n) is 16.8. The Labute approximate surface area is 221 Å². The molecular weight excluding hydrogens is 633 g/mol. The topological polar surface area (TPSA) is 0 Å². The molecule has 148 valence electrons. The molecule has 0 aromatic heterocycles. The van der Waals surface area contributed by atoms with Gasteiger partial charge in [-0.15, -0.1) is 24.3 Å². The molecule has 27 heavy (non-hydrogen) atoms. The van der Waals surface area contributed by atoms with Gasteiger partial charge in [0.15, 0.2) is 0 Å². The molecule has 0 saturated heterocycles. The summed E-state index contributed by atoms with van der Waals surface area (Å²) in [7, 11) is 0. The molecule has 2 fully saturated rings. The van der Waals surface area contributed by atoms with E-state index in [-0.39, 0.29) is 74.2 Å². The fourth-order valence-electron chi connectivity index (χ4n) is 4.79. The maximum absolute atomic E-state index is 2.50. The van der Waals surface area contributed by atoms with Crippen molar-refractivity contribution in [3.05, 3.63) is 60.4 Å². The number of hydrogen-bond acceptors (Lipinski definition) is 0. The number of halogens is 2. The molecule has 4 aliphatic rings. The summed E-state index contributed by atoms with van der Waals surface area (Å²) in [6.45, 7) is 4.56. The molecule has 4 aliphatic carbocycles. The first-order chi connectivity index (χ1) is 11.8. The molecule has 0 spiro atoms. The van der Waals surface area contributed by atoms with Gasteiger partial charge in [-0.3, -0.25) is 0 Å². The van der Waals surface area contributed by atoms with Gasteiger partial charge in [-0.2, -0.15) is 0 Å². The molecule has 0 aliphatic heterocycles. The molecule has 0 bridgehead atoms. The molecule has 0 radical (unpaired) electrons. The average Bonchev–Trinajstić information content (AvgIpc) is 3.18. The van der Waals surface area contributed by atoms with Crippen molar-refractivity contribution in [3.63, 3.8) is 0 Å². The van der Waals surface area contributed by atoms with Crippen LogP contribution in [-0.2, 0) is 26.2 Å². The Morgan fingerprint density at radius 1 is 0.778 bits per heavy atom. The quantitative estimate of drug-likeness (QED) is 0.311. The van der Waals surface area contributed by atoms with Crippen LogP contribution in [0.3, 0.4) is 0 Å². The first-order valence-corrected chi connectivity index (χ1v) is 10.2. The van der Waals surface area contributed by atoms with E-state index in [9.17, 15) is 0 Å². The van der Waals surface area contributed by atoms with E-state index >= 15 is 0 Å². The number of rotatable bonds is 4. The molecule has 4 rings (SSSR count). The molecule has 0 heterocycles. The predicted molar refractivity (Wildman–Crippen MR) is 105 cm³/mol. The van der Waals surface area contributed by atoms with Crippen molar-refractivity contribution in [3.8, 4) is 0 Å². The van der Waals surface area contributed by atoms with E-state index in [1.807, 2.05) is 0 Å². The van der Waals surface area contributed by atoms with Crippen LogP contribution in [0.1, 0.15) is 65.2 Å². The number of hydrogen-bond donors (Lipinski definition) is 0. The Balaban J connectivity index is 0.000000451. The Bertz CT molecular complexity index is 484. The number of fused-ring (bicyclic) bond motifs is 2. The van der Waals surface area contributed by atoms with Gasteiger partial charge in [0, 0.05) is 0 Å². The third-order valence-electron chi connectivity index (χ3n) is 5.98. The summed E-state index contributed by atoms with van der Waals surface area (Å²) in [6, 6.07) is 0. The van der Waals surface area contributed by atoms with E-state index in [1.165, 1.54) is 51.4 Å². The van der Waals surface area contributed by atoms with Crippen molar-refractivity contribution in [2.24, 2.45) is 23.7 Å². The summed E-state index contributed by atoms with van der Waals surface area (Å²) in [4.78, 5) is 0. The molecule has 0 amide bonds. The molecular formula is C24H34I2Zr. The first-order valence-electron chi connectivity index (χ1n) is 10.2. The summed E-state index contributed by atoms with van der Waals surface area (Å²) in [5.74, 6) is 3.50. The third kappa shape index (κ3) is 8.36. The number of allylic oxidation sites excluding steroid dienone is 8. The second-order valence-corrected chi connectivity index (χ2v) is 7.96. The summed E-state index contributed by atoms with van der Waals surface area (Å²) in [5.41, 5.74) is 3.21. The van der Waals surface area contributed by atoms with Crippen molar-refractivity contribution < 1.29 is 74.2 Å². The smallest absolute Gasteiger partial charge is 1.00 e. The maximum Gasteiger partial charge on any atom is 4.00 e. The van der Waals surface area contributed by atoms with E-state index in [4.69, 9.17) is 0 Å². The summed E-state index contributed by atoms with van der Waals surface area (Å²) in [5, 5.41) is 0. The van der Waals surface area contributed by atoms with Crippen LogP contribution in [0, 0.1) is 36.5 Å². The molecule has 0 aromatic carbocycles. The zero-order valence-corrected chi connectivity index (χ0v) is 23.6. The van der Waals surface area contributed by atoms with Crippen LogP contribution >= 0.6 is 0 Å². The Morgan fingerprint density at radius 3 is 1.52 bits per heavy atom. The predicted octanol–water partition coefficient (Wildman–Crippen LogP) is 1.03. The second-order valence-electron chi connectivity index (χ2n) is 7.96. The minimum atomic E-state index is 0. The van der Waals surface area contributed by atoms with E-state index in [2.05, 4.69) is 63.1 Å². The summed E-state index contributed by atoms with van der Waals surface area (Å²) < 4.78 is 0. The Morgan fingerprint density at radius 2 is 1.19 bits per heavy atom. The summed E-state index contributed by atoms with van der Waals surface area (Å²) >= 11 is 0. The van der Waals surface area contributed by atoms with Gasteiger partial charge in [0.25, 0.3) is 0 Å². The second kappa shape index (κ2) is 14.9. The molecule has 4 atom stereocenters. The minimum Gasteiger partial charge on any atom is -1.00 e. The SMILES string of the molecule is CCCC1[CH-]C2=CC=CCC2C1.CCCC1[CH-]C2=CC=CCC2C1.[I-].[I-].[Zr+4]. The van der Waals surface area contributed by atoms with Gasteiger partial charge >= 0.3 is 26.2 Å². The van der Waals surface area contributed by atoms with Crippen LogP contribution in [0.5, 0.6) is 0 Å². The van der Waals surface area contributed by atoms with E-state index in [1.54, 1.807) is 11.1 Å². The Hall–Kier alpha value is 1.04. The van der Waals surface area contributed by atoms with Gasteiger partial charge in [-0.1, -0.05) is 64.2 Å². The van der Waals surface area contributed by atoms with E-state index in [0.29, 0.717) is 0 Å². The maximum atomic E-state index is 2.50. The zero-order chi connectivity index (χ0) is 16.8. The van der Waals surface area contributed by atoms with Crippen molar-refractivity contribution in [1.82, 2.24) is 0 Å². The van der Waals surface area contributed by atoms with Gasteiger partial charge in [-0.25, -0.2) is 36.1 Å². The average molecular weight is 668 g/mol. The van der Waals surface area contributed by atoms with Gasteiger partial charge in [0.2, 0.25) is 0 Å². The van der Waals surface area contributed by atoms with Crippen LogP contribution in [0.25, 0.3) is 0 Å². The largest absolute Gasteiger partial charge is 4.00 e. The molecule has 0 nitrogen and oxygen atoms in total. The van der Waals surface area contributed by atoms with Gasteiger partial charge < -0.3 is 48.0 Å². The van der Waals surface area contributed by atoms with Crippen LogP contribution < -0.4 is 48.0 Å². The van der Waals surface area contributed by atoms with Crippen molar-refractivity contribution >= 4 is 0 Å². The standard InChI is InChI=1S/2C12H17.2HI.Zr/c2*1-2-5-10-8-11-6-3-4-7-12(11)9-10;;;/h2*3-4,6,8,10,12H,2,5,7,9H2,1H3;2*1H;/q2*-1;;;+4/p-2. The van der Waals surface area contributed by atoms with Crippen molar-refractivity contribution in [2.75, 3.05) is 0 Å². The Kier molecular flexibility index (Phi) is 15.5. The fraction of sp³-hybridized carbons (Fsp3) is 0.583. The fourth-order valence-corrected chi connectivity index (χ4v) is 4.79.